The van der Waals surface area contributed by atoms with Gasteiger partial charge in [0.2, 0.25) is 5.91 Å². The summed E-state index contributed by atoms with van der Waals surface area (Å²) >= 11 is 3.48. The molecule has 1 aliphatic heterocycles. The Morgan fingerprint density at radius 3 is 2.96 bits per heavy atom. The van der Waals surface area contributed by atoms with Crippen LogP contribution in [0.4, 0.5) is 0 Å². The summed E-state index contributed by atoms with van der Waals surface area (Å²) in [6.45, 7) is 2.53. The number of carbonyl (C=O) groups is 1. The van der Waals surface area contributed by atoms with Crippen molar-refractivity contribution in [3.8, 4) is 0 Å². The number of nitrogens with one attached hydrogen (secondary N) is 1. The van der Waals surface area contributed by atoms with Crippen molar-refractivity contribution in [2.75, 3.05) is 20.1 Å². The van der Waals surface area contributed by atoms with Gasteiger partial charge in [0.15, 0.2) is 5.96 Å². The summed E-state index contributed by atoms with van der Waals surface area (Å²) in [5.41, 5.74) is 6.51. The lowest BCUT2D eigenvalue weighted by atomic mass is 9.95. The summed E-state index contributed by atoms with van der Waals surface area (Å²) in [6.07, 6.45) is 2.58. The average molecular weight is 495 g/mol. The quantitative estimate of drug-likeness (QED) is 0.384. The van der Waals surface area contributed by atoms with Crippen LogP contribution in [0.1, 0.15) is 24.8 Å². The Hall–Kier alpha value is -0.830. The van der Waals surface area contributed by atoms with E-state index in [0.29, 0.717) is 12.3 Å². The molecule has 1 aromatic carbocycles. The van der Waals surface area contributed by atoms with Crippen molar-refractivity contribution in [3.05, 3.63) is 34.3 Å². The lowest BCUT2D eigenvalue weighted by Gasteiger charge is -2.34. The Morgan fingerprint density at radius 2 is 2.30 bits per heavy atom. The number of primary amides is 1. The van der Waals surface area contributed by atoms with E-state index < -0.39 is 0 Å². The van der Waals surface area contributed by atoms with E-state index in [9.17, 15) is 4.79 Å². The Balaban J connectivity index is 0.00000264. The van der Waals surface area contributed by atoms with E-state index in [1.165, 1.54) is 5.56 Å². The minimum absolute atomic E-state index is 0. The summed E-state index contributed by atoms with van der Waals surface area (Å²) in [7, 11) is 1.79. The smallest absolute Gasteiger partial charge is 0.217 e. The highest BCUT2D eigenvalue weighted by molar-refractivity contribution is 14.0. The lowest BCUT2D eigenvalue weighted by molar-refractivity contribution is -0.119. The molecule has 1 aromatic rings. The Bertz CT molecular complexity index is 553. The molecular formula is C16H24BrIN4O. The monoisotopic (exact) mass is 494 g/mol. The molecule has 1 amide bonds. The maximum atomic E-state index is 11.1. The van der Waals surface area contributed by atoms with Gasteiger partial charge >= 0.3 is 0 Å². The summed E-state index contributed by atoms with van der Waals surface area (Å²) in [5, 5.41) is 3.40. The highest BCUT2D eigenvalue weighted by Crippen LogP contribution is 2.19. The molecule has 1 fully saturated rings. The van der Waals surface area contributed by atoms with E-state index in [2.05, 4.69) is 43.3 Å². The largest absolute Gasteiger partial charge is 0.370 e. The van der Waals surface area contributed by atoms with E-state index in [4.69, 9.17) is 5.73 Å². The minimum atomic E-state index is -0.219. The molecule has 1 saturated heterocycles. The zero-order chi connectivity index (χ0) is 15.9. The van der Waals surface area contributed by atoms with Gasteiger partial charge in [0.25, 0.3) is 0 Å². The van der Waals surface area contributed by atoms with Crippen molar-refractivity contribution in [2.45, 2.75) is 25.8 Å². The molecule has 0 bridgehead atoms. The zero-order valence-electron chi connectivity index (χ0n) is 13.3. The van der Waals surface area contributed by atoms with Crippen LogP contribution in [0.5, 0.6) is 0 Å². The van der Waals surface area contributed by atoms with Gasteiger partial charge in [0, 0.05) is 37.6 Å². The Kier molecular flexibility index (Phi) is 8.90. The molecule has 0 spiro atoms. The number of hydrogen-bond acceptors (Lipinski definition) is 2. The number of likely N-dealkylation sites (tertiary alicyclic amines) is 1. The molecule has 1 heterocycles. The first kappa shape index (κ1) is 20.2. The molecule has 1 atom stereocenters. The van der Waals surface area contributed by atoms with Crippen molar-refractivity contribution >= 4 is 51.8 Å². The van der Waals surface area contributed by atoms with Gasteiger partial charge < -0.3 is 16.0 Å². The maximum absolute atomic E-state index is 11.1. The van der Waals surface area contributed by atoms with Crippen LogP contribution in [-0.2, 0) is 11.3 Å². The number of benzene rings is 1. The normalized spacial score (nSPS) is 18.3. The molecule has 3 N–H and O–H groups in total. The van der Waals surface area contributed by atoms with Crippen LogP contribution in [-0.4, -0.2) is 36.9 Å². The van der Waals surface area contributed by atoms with Gasteiger partial charge in [-0.2, -0.15) is 0 Å². The van der Waals surface area contributed by atoms with Crippen LogP contribution in [0.3, 0.4) is 0 Å². The topological polar surface area (TPSA) is 70.7 Å². The number of nitrogens with zero attached hydrogens (tertiary/aromatic N) is 2. The fourth-order valence-electron chi connectivity index (χ4n) is 2.87. The van der Waals surface area contributed by atoms with Crippen molar-refractivity contribution in [2.24, 2.45) is 16.6 Å². The number of halogens is 2. The lowest BCUT2D eigenvalue weighted by Crippen LogP contribution is -2.46. The number of amides is 1. The molecule has 2 rings (SSSR count). The van der Waals surface area contributed by atoms with Gasteiger partial charge in [-0.25, -0.2) is 0 Å². The van der Waals surface area contributed by atoms with Crippen molar-refractivity contribution in [1.82, 2.24) is 10.2 Å². The Morgan fingerprint density at radius 1 is 1.52 bits per heavy atom. The summed E-state index contributed by atoms with van der Waals surface area (Å²) in [5.74, 6) is 0.994. The first-order valence-corrected chi connectivity index (χ1v) is 8.36. The second-order valence-electron chi connectivity index (χ2n) is 5.66. The summed E-state index contributed by atoms with van der Waals surface area (Å²) in [6, 6.07) is 8.20. The van der Waals surface area contributed by atoms with E-state index in [-0.39, 0.29) is 29.9 Å². The molecule has 5 nitrogen and oxygen atoms in total. The van der Waals surface area contributed by atoms with Crippen molar-refractivity contribution < 1.29 is 4.79 Å². The zero-order valence-corrected chi connectivity index (χ0v) is 17.2. The molecule has 1 unspecified atom stereocenters. The van der Waals surface area contributed by atoms with Crippen LogP contribution in [0.25, 0.3) is 0 Å². The van der Waals surface area contributed by atoms with Crippen LogP contribution >= 0.6 is 39.9 Å². The molecule has 0 radical (unpaired) electrons. The second-order valence-corrected chi connectivity index (χ2v) is 6.57. The molecule has 0 aliphatic carbocycles. The van der Waals surface area contributed by atoms with Crippen LogP contribution < -0.4 is 11.1 Å². The SMILES string of the molecule is CN=C(NCc1cccc(Br)c1)N1CCCC(CC(N)=O)C1.I. The number of hydrogen-bond donors (Lipinski definition) is 2. The molecule has 1 aliphatic rings. The van der Waals surface area contributed by atoms with Crippen LogP contribution in [0.2, 0.25) is 0 Å². The third-order valence-electron chi connectivity index (χ3n) is 3.86. The predicted molar refractivity (Wildman–Crippen MR) is 108 cm³/mol. The van der Waals surface area contributed by atoms with Gasteiger partial charge in [-0.15, -0.1) is 24.0 Å². The predicted octanol–water partition coefficient (Wildman–Crippen LogP) is 2.73. The highest BCUT2D eigenvalue weighted by atomic mass is 127. The molecule has 0 aromatic heterocycles. The second kappa shape index (κ2) is 10.1. The van der Waals surface area contributed by atoms with Gasteiger partial charge in [-0.1, -0.05) is 28.1 Å². The molecular weight excluding hydrogens is 471 g/mol. The average Bonchev–Trinajstić information content (AvgIpc) is 2.48. The number of rotatable bonds is 4. The van der Waals surface area contributed by atoms with E-state index in [0.717, 1.165) is 42.9 Å². The third kappa shape index (κ3) is 6.66. The number of piperidine rings is 1. The molecule has 128 valence electrons. The molecule has 23 heavy (non-hydrogen) atoms. The number of carbonyl (C=O) groups excluding carboxylic acids is 1. The maximum Gasteiger partial charge on any atom is 0.217 e. The number of nitrogens with two attached hydrogens (primary N) is 1. The standard InChI is InChI=1S/C16H23BrN4O.HI/c1-19-16(20-10-12-4-2-6-14(17)8-12)21-7-3-5-13(11-21)9-15(18)22;/h2,4,6,8,13H,3,5,7,9-11H2,1H3,(H2,18,22)(H,19,20);1H. The summed E-state index contributed by atoms with van der Waals surface area (Å²) < 4.78 is 1.07. The minimum Gasteiger partial charge on any atom is -0.370 e. The van der Waals surface area contributed by atoms with Crippen molar-refractivity contribution in [1.29, 1.82) is 0 Å². The third-order valence-corrected chi connectivity index (χ3v) is 4.35. The fourth-order valence-corrected chi connectivity index (χ4v) is 3.32. The van der Waals surface area contributed by atoms with E-state index in [1.807, 2.05) is 12.1 Å². The number of aliphatic imine (C=N–C) groups is 1. The summed E-state index contributed by atoms with van der Waals surface area (Å²) in [4.78, 5) is 17.7. The van der Waals surface area contributed by atoms with E-state index >= 15 is 0 Å². The Labute approximate surface area is 163 Å². The van der Waals surface area contributed by atoms with Crippen molar-refractivity contribution in [3.63, 3.8) is 0 Å². The molecule has 7 heteroatoms. The van der Waals surface area contributed by atoms with Gasteiger partial charge in [0.05, 0.1) is 0 Å². The van der Waals surface area contributed by atoms with E-state index in [1.54, 1.807) is 7.05 Å². The van der Waals surface area contributed by atoms with Gasteiger partial charge in [-0.3, -0.25) is 9.79 Å². The van der Waals surface area contributed by atoms with Crippen LogP contribution in [0.15, 0.2) is 33.7 Å². The highest BCUT2D eigenvalue weighted by Gasteiger charge is 2.23. The first-order valence-electron chi connectivity index (χ1n) is 7.57. The van der Waals surface area contributed by atoms with Crippen LogP contribution in [0, 0.1) is 5.92 Å². The number of guanidine groups is 1. The fraction of sp³-hybridized carbons (Fsp3) is 0.500. The van der Waals surface area contributed by atoms with Gasteiger partial charge in [0.1, 0.15) is 0 Å². The molecule has 0 saturated carbocycles. The van der Waals surface area contributed by atoms with Gasteiger partial charge in [-0.05, 0) is 36.5 Å². The first-order chi connectivity index (χ1) is 10.6.